The Labute approximate surface area is 188 Å². The number of benzene rings is 2. The summed E-state index contributed by atoms with van der Waals surface area (Å²) in [5.74, 6) is 1.25. The number of nitrogens with one attached hydrogen (secondary N) is 1. The van der Waals surface area contributed by atoms with Crippen molar-refractivity contribution in [2.75, 3.05) is 36.4 Å². The zero-order valence-corrected chi connectivity index (χ0v) is 18.8. The smallest absolute Gasteiger partial charge is 0.244 e. The second-order valence-electron chi connectivity index (χ2n) is 7.68. The summed E-state index contributed by atoms with van der Waals surface area (Å²) in [5, 5.41) is 12.6. The molecule has 1 aliphatic heterocycles. The van der Waals surface area contributed by atoms with E-state index >= 15 is 0 Å². The van der Waals surface area contributed by atoms with E-state index in [1.807, 2.05) is 55.1 Å². The van der Waals surface area contributed by atoms with Crippen LogP contribution in [0.4, 0.5) is 17.5 Å². The molecule has 0 atom stereocenters. The van der Waals surface area contributed by atoms with Gasteiger partial charge in [-0.1, -0.05) is 29.8 Å². The van der Waals surface area contributed by atoms with Crippen LogP contribution in [0.15, 0.2) is 59.5 Å². The van der Waals surface area contributed by atoms with Crippen LogP contribution in [0, 0.1) is 25.2 Å². The van der Waals surface area contributed by atoms with Gasteiger partial charge in [-0.25, -0.2) is 13.4 Å². The molecule has 2 heterocycles. The topological polar surface area (TPSA) is 102 Å². The number of aryl methyl sites for hydroxylation is 2. The molecule has 1 N–H and O–H groups in total. The average molecular weight is 449 g/mol. The second-order valence-corrected chi connectivity index (χ2v) is 9.59. The Morgan fingerprint density at radius 2 is 1.66 bits per heavy atom. The summed E-state index contributed by atoms with van der Waals surface area (Å²) in [6.45, 7) is 5.45. The number of hydrogen-bond donors (Lipinski definition) is 1. The zero-order chi connectivity index (χ0) is 22.7. The zero-order valence-electron chi connectivity index (χ0n) is 18.0. The van der Waals surface area contributed by atoms with Crippen molar-refractivity contribution in [3.63, 3.8) is 0 Å². The molecule has 1 fully saturated rings. The maximum atomic E-state index is 13.1. The summed E-state index contributed by atoms with van der Waals surface area (Å²) in [5.41, 5.74) is 3.10. The fourth-order valence-corrected chi connectivity index (χ4v) is 5.16. The quantitative estimate of drug-likeness (QED) is 0.639. The predicted octanol–water partition coefficient (Wildman–Crippen LogP) is 3.22. The fraction of sp³-hybridized carbons (Fsp3) is 0.261. The van der Waals surface area contributed by atoms with Crippen molar-refractivity contribution >= 4 is 27.5 Å². The van der Waals surface area contributed by atoms with Gasteiger partial charge in [0, 0.05) is 43.6 Å². The van der Waals surface area contributed by atoms with E-state index < -0.39 is 10.0 Å². The fourth-order valence-electron chi connectivity index (χ4n) is 3.59. The molecule has 0 saturated carbocycles. The van der Waals surface area contributed by atoms with Crippen molar-refractivity contribution in [1.82, 2.24) is 14.3 Å². The lowest BCUT2D eigenvalue weighted by atomic mass is 10.2. The summed E-state index contributed by atoms with van der Waals surface area (Å²) < 4.78 is 27.5. The molecule has 0 unspecified atom stereocenters. The van der Waals surface area contributed by atoms with Crippen LogP contribution in [0.25, 0.3) is 0 Å². The number of anilines is 3. The molecule has 4 rings (SSSR count). The first-order chi connectivity index (χ1) is 15.4. The standard InChI is InChI=1S/C23H24N6O2S/c1-17-7-9-20(10-8-17)26-22-15-18(2)25-23(27-22)28-11-13-29(14-12-28)32(30,31)21-6-4-3-5-19(21)16-24/h3-10,15H,11-14H2,1-2H3,(H,25,26,27). The largest absolute Gasteiger partial charge is 0.340 e. The van der Waals surface area contributed by atoms with Crippen LogP contribution in [-0.4, -0.2) is 48.9 Å². The molecular formula is C23H24N6O2S. The van der Waals surface area contributed by atoms with Crippen LogP contribution >= 0.6 is 0 Å². The highest BCUT2D eigenvalue weighted by molar-refractivity contribution is 7.89. The summed E-state index contributed by atoms with van der Waals surface area (Å²) in [4.78, 5) is 11.2. The minimum Gasteiger partial charge on any atom is -0.340 e. The van der Waals surface area contributed by atoms with Crippen LogP contribution in [0.5, 0.6) is 0 Å². The van der Waals surface area contributed by atoms with Crippen molar-refractivity contribution in [3.8, 4) is 6.07 Å². The van der Waals surface area contributed by atoms with Crippen LogP contribution in [0.2, 0.25) is 0 Å². The third-order valence-electron chi connectivity index (χ3n) is 5.31. The van der Waals surface area contributed by atoms with Gasteiger partial charge >= 0.3 is 0 Å². The third-order valence-corrected chi connectivity index (χ3v) is 7.27. The molecular weight excluding hydrogens is 424 g/mol. The summed E-state index contributed by atoms with van der Waals surface area (Å²) in [7, 11) is -3.74. The maximum absolute atomic E-state index is 13.1. The van der Waals surface area contributed by atoms with Crippen molar-refractivity contribution in [3.05, 3.63) is 71.4 Å². The Morgan fingerprint density at radius 3 is 2.34 bits per heavy atom. The van der Waals surface area contributed by atoms with E-state index in [1.54, 1.807) is 12.1 Å². The van der Waals surface area contributed by atoms with E-state index in [2.05, 4.69) is 15.3 Å². The number of piperazine rings is 1. The van der Waals surface area contributed by atoms with E-state index in [-0.39, 0.29) is 10.5 Å². The van der Waals surface area contributed by atoms with Gasteiger partial charge in [0.15, 0.2) is 0 Å². The molecule has 8 nitrogen and oxygen atoms in total. The van der Waals surface area contributed by atoms with Gasteiger partial charge in [0.25, 0.3) is 0 Å². The number of rotatable bonds is 5. The molecule has 1 aliphatic rings. The van der Waals surface area contributed by atoms with Crippen LogP contribution < -0.4 is 10.2 Å². The minimum absolute atomic E-state index is 0.0485. The molecule has 0 spiro atoms. The molecule has 0 radical (unpaired) electrons. The van der Waals surface area contributed by atoms with E-state index in [9.17, 15) is 13.7 Å². The second kappa shape index (κ2) is 8.94. The molecule has 32 heavy (non-hydrogen) atoms. The summed E-state index contributed by atoms with van der Waals surface area (Å²) in [6, 6.07) is 18.2. The molecule has 0 aliphatic carbocycles. The number of hydrogen-bond acceptors (Lipinski definition) is 7. The minimum atomic E-state index is -3.74. The van der Waals surface area contributed by atoms with E-state index in [0.717, 1.165) is 11.4 Å². The third kappa shape index (κ3) is 4.56. The summed E-state index contributed by atoms with van der Waals surface area (Å²) >= 11 is 0. The highest BCUT2D eigenvalue weighted by Crippen LogP contribution is 2.23. The highest BCUT2D eigenvalue weighted by atomic mass is 32.2. The Balaban J connectivity index is 1.49. The normalized spacial score (nSPS) is 14.7. The molecule has 2 aromatic carbocycles. The first-order valence-electron chi connectivity index (χ1n) is 10.3. The van der Waals surface area contributed by atoms with Gasteiger partial charge in [-0.3, -0.25) is 0 Å². The number of nitriles is 1. The van der Waals surface area contributed by atoms with E-state index in [1.165, 1.54) is 22.0 Å². The van der Waals surface area contributed by atoms with Gasteiger partial charge in [0.05, 0.1) is 10.5 Å². The van der Waals surface area contributed by atoms with Gasteiger partial charge < -0.3 is 10.2 Å². The van der Waals surface area contributed by atoms with Gasteiger partial charge in [0.2, 0.25) is 16.0 Å². The van der Waals surface area contributed by atoms with E-state index in [0.29, 0.717) is 37.9 Å². The molecule has 1 aromatic heterocycles. The number of aromatic nitrogens is 2. The monoisotopic (exact) mass is 448 g/mol. The van der Waals surface area contributed by atoms with Crippen molar-refractivity contribution < 1.29 is 8.42 Å². The number of sulfonamides is 1. The molecule has 0 amide bonds. The lowest BCUT2D eigenvalue weighted by Gasteiger charge is -2.34. The van der Waals surface area contributed by atoms with Crippen LogP contribution in [0.3, 0.4) is 0 Å². The Morgan fingerprint density at radius 1 is 0.969 bits per heavy atom. The Hall–Kier alpha value is -3.48. The number of nitrogens with zero attached hydrogens (tertiary/aromatic N) is 5. The molecule has 1 saturated heterocycles. The SMILES string of the molecule is Cc1ccc(Nc2cc(C)nc(N3CCN(S(=O)(=O)c4ccccc4C#N)CC3)n2)cc1. The van der Waals surface area contributed by atoms with Gasteiger partial charge in [-0.05, 0) is 38.1 Å². The first kappa shape index (κ1) is 21.7. The summed E-state index contributed by atoms with van der Waals surface area (Å²) in [6.07, 6.45) is 0. The molecule has 0 bridgehead atoms. The van der Waals surface area contributed by atoms with Gasteiger partial charge in [-0.2, -0.15) is 14.6 Å². The van der Waals surface area contributed by atoms with Crippen molar-refractivity contribution in [1.29, 1.82) is 5.26 Å². The van der Waals surface area contributed by atoms with Crippen molar-refractivity contribution in [2.24, 2.45) is 0 Å². The highest BCUT2D eigenvalue weighted by Gasteiger charge is 2.31. The first-order valence-corrected chi connectivity index (χ1v) is 11.7. The molecule has 3 aromatic rings. The lowest BCUT2D eigenvalue weighted by Crippen LogP contribution is -2.49. The molecule has 9 heteroatoms. The van der Waals surface area contributed by atoms with Crippen molar-refractivity contribution in [2.45, 2.75) is 18.7 Å². The molecule has 164 valence electrons. The predicted molar refractivity (Wildman–Crippen MR) is 123 cm³/mol. The van der Waals surface area contributed by atoms with Gasteiger partial charge in [0.1, 0.15) is 11.9 Å². The Kier molecular flexibility index (Phi) is 6.08. The van der Waals surface area contributed by atoms with Crippen LogP contribution in [-0.2, 0) is 10.0 Å². The van der Waals surface area contributed by atoms with Gasteiger partial charge in [-0.15, -0.1) is 0 Å². The Bertz CT molecular complexity index is 1260. The van der Waals surface area contributed by atoms with Crippen LogP contribution in [0.1, 0.15) is 16.8 Å². The maximum Gasteiger partial charge on any atom is 0.244 e. The van der Waals surface area contributed by atoms with E-state index in [4.69, 9.17) is 0 Å². The lowest BCUT2D eigenvalue weighted by molar-refractivity contribution is 0.382. The average Bonchev–Trinajstić information content (AvgIpc) is 2.80.